The summed E-state index contributed by atoms with van der Waals surface area (Å²) in [6, 6.07) is 8.59. The molecule has 0 aliphatic carbocycles. The van der Waals surface area contributed by atoms with E-state index < -0.39 is 44.4 Å². The molecule has 15 nitrogen and oxygen atoms in total. The number of phosphoric ester groups is 1. The fourth-order valence-corrected chi connectivity index (χ4v) is 7.70. The van der Waals surface area contributed by atoms with Crippen LogP contribution in [0.15, 0.2) is 36.8 Å². The highest BCUT2D eigenvalue weighted by atomic mass is 31.2. The van der Waals surface area contributed by atoms with Gasteiger partial charge in [-0.1, -0.05) is 109 Å². The van der Waals surface area contributed by atoms with Crippen molar-refractivity contribution in [2.45, 2.75) is 153 Å². The van der Waals surface area contributed by atoms with Crippen LogP contribution >= 0.6 is 7.82 Å². The first-order chi connectivity index (χ1) is 27.1. The van der Waals surface area contributed by atoms with E-state index in [4.69, 9.17) is 34.3 Å². The minimum absolute atomic E-state index is 0.106. The van der Waals surface area contributed by atoms with Crippen molar-refractivity contribution in [3.8, 4) is 6.07 Å². The number of pyridine rings is 1. The van der Waals surface area contributed by atoms with E-state index in [1.807, 2.05) is 6.07 Å². The summed E-state index contributed by atoms with van der Waals surface area (Å²) in [7, 11) is -4.68. The second-order valence-corrected chi connectivity index (χ2v) is 16.3. The summed E-state index contributed by atoms with van der Waals surface area (Å²) in [5, 5.41) is 35.1. The van der Waals surface area contributed by atoms with Crippen molar-refractivity contribution in [1.29, 1.82) is 5.26 Å². The SMILES string of the molecule is CCCCCCCCCCCCCCCCCCOC[C@H](COP(=O)(O)OC[C@H]1O[C@@](C)(c2ccc3c(N)ncnn23)[C@H](O)[C@@H]1O)OCc1ccc(C#N)nc1. The number of aliphatic hydroxyl groups is 2. The lowest BCUT2D eigenvalue weighted by atomic mass is 9.93. The van der Waals surface area contributed by atoms with Crippen molar-refractivity contribution >= 4 is 19.2 Å². The van der Waals surface area contributed by atoms with Gasteiger partial charge in [-0.3, -0.25) is 9.05 Å². The number of unbranched alkanes of at least 4 members (excludes halogenated alkanes) is 15. The summed E-state index contributed by atoms with van der Waals surface area (Å²) in [5.41, 5.74) is 6.36. The van der Waals surface area contributed by atoms with Gasteiger partial charge in [-0.2, -0.15) is 10.4 Å². The van der Waals surface area contributed by atoms with Crippen molar-refractivity contribution in [1.82, 2.24) is 19.6 Å². The minimum Gasteiger partial charge on any atom is -0.387 e. The molecule has 5 N–H and O–H groups in total. The van der Waals surface area contributed by atoms with Crippen LogP contribution in [0.4, 0.5) is 5.82 Å². The van der Waals surface area contributed by atoms with E-state index in [0.717, 1.165) is 19.3 Å². The monoisotopic (exact) mass is 802 g/mol. The molecule has 56 heavy (non-hydrogen) atoms. The largest absolute Gasteiger partial charge is 0.472 e. The number of nitrogens with two attached hydrogens (primary N) is 1. The van der Waals surface area contributed by atoms with Gasteiger partial charge in [0.1, 0.15) is 53.6 Å². The van der Waals surface area contributed by atoms with Crippen LogP contribution in [0.1, 0.15) is 134 Å². The van der Waals surface area contributed by atoms with E-state index in [0.29, 0.717) is 23.4 Å². The Labute approximate surface area is 331 Å². The van der Waals surface area contributed by atoms with Crippen LogP contribution in [0.5, 0.6) is 0 Å². The molecule has 4 rings (SSSR count). The van der Waals surface area contributed by atoms with Crippen molar-refractivity contribution in [3.05, 3.63) is 53.7 Å². The lowest BCUT2D eigenvalue weighted by Gasteiger charge is -2.27. The Balaban J connectivity index is 1.16. The van der Waals surface area contributed by atoms with Crippen LogP contribution in [0.25, 0.3) is 5.52 Å². The molecule has 1 fully saturated rings. The minimum atomic E-state index is -4.68. The first kappa shape index (κ1) is 45.7. The molecule has 0 spiro atoms. The highest BCUT2D eigenvalue weighted by Crippen LogP contribution is 2.46. The zero-order chi connectivity index (χ0) is 40.2. The number of hydrogen-bond donors (Lipinski definition) is 4. The summed E-state index contributed by atoms with van der Waals surface area (Å²) in [6.45, 7) is 3.67. The molecular formula is C40H63N6O9P. The lowest BCUT2D eigenvalue weighted by Crippen LogP contribution is -2.39. The fraction of sp³-hybridized carbons (Fsp3) is 0.700. The van der Waals surface area contributed by atoms with Gasteiger partial charge in [0.05, 0.1) is 32.1 Å². The molecule has 16 heteroatoms. The average Bonchev–Trinajstić information content (AvgIpc) is 3.74. The number of nitriles is 1. The molecule has 312 valence electrons. The van der Waals surface area contributed by atoms with Crippen molar-refractivity contribution in [2.24, 2.45) is 0 Å². The highest BCUT2D eigenvalue weighted by molar-refractivity contribution is 7.47. The van der Waals surface area contributed by atoms with E-state index in [1.54, 1.807) is 31.2 Å². The first-order valence-corrected chi connectivity index (χ1v) is 21.9. The lowest BCUT2D eigenvalue weighted by molar-refractivity contribution is -0.0901. The molecule has 1 aliphatic heterocycles. The predicted molar refractivity (Wildman–Crippen MR) is 211 cm³/mol. The maximum Gasteiger partial charge on any atom is 0.472 e. The summed E-state index contributed by atoms with van der Waals surface area (Å²) in [4.78, 5) is 18.6. The molecule has 1 aliphatic rings. The third-order valence-corrected chi connectivity index (χ3v) is 11.3. The number of rotatable bonds is 29. The van der Waals surface area contributed by atoms with Gasteiger partial charge in [0.15, 0.2) is 5.82 Å². The van der Waals surface area contributed by atoms with Crippen LogP contribution in [0.2, 0.25) is 0 Å². The standard InChI is InChI=1S/C40H63N6O9P/c1-3-4-5-6-7-8-9-10-11-12-13-14-15-16-17-18-23-51-27-33(52-26-31-19-20-32(24-41)43-25-31)28-53-56(49,50)54-29-35-37(47)38(48)40(2,55-35)36-22-21-34-39(42)44-30-45-46(34)36/h19-22,25,30,33,35,37-38,47-48H,3-18,23,26-29H2,1-2H3,(H,49,50)(H2,42,44,45)/t33-,35-,37-,38-,40+/m1/s1. The van der Waals surface area contributed by atoms with E-state index in [-0.39, 0.29) is 31.3 Å². The molecule has 0 amide bonds. The van der Waals surface area contributed by atoms with Crippen molar-refractivity contribution < 1.29 is 42.9 Å². The zero-order valence-corrected chi connectivity index (χ0v) is 34.1. The Kier molecular flexibility index (Phi) is 19.6. The number of aliphatic hydroxyl groups excluding tert-OH is 2. The van der Waals surface area contributed by atoms with Crippen molar-refractivity contribution in [3.63, 3.8) is 0 Å². The normalized spacial score (nSPS) is 21.3. The molecule has 4 heterocycles. The summed E-state index contributed by atoms with van der Waals surface area (Å²) in [5.74, 6) is 0.225. The van der Waals surface area contributed by atoms with Crippen LogP contribution in [0, 0.1) is 11.3 Å². The summed E-state index contributed by atoms with van der Waals surface area (Å²) >= 11 is 0. The zero-order valence-electron chi connectivity index (χ0n) is 33.2. The smallest absolute Gasteiger partial charge is 0.387 e. The Morgan fingerprint density at radius 3 is 2.18 bits per heavy atom. The number of anilines is 1. The number of phosphoric acid groups is 1. The van der Waals surface area contributed by atoms with Gasteiger partial charge in [0.25, 0.3) is 0 Å². The second kappa shape index (κ2) is 24.0. The second-order valence-electron chi connectivity index (χ2n) is 14.9. The van der Waals surface area contributed by atoms with Crippen LogP contribution in [-0.2, 0) is 40.0 Å². The van der Waals surface area contributed by atoms with Gasteiger partial charge in [0.2, 0.25) is 0 Å². The average molecular weight is 803 g/mol. The third kappa shape index (κ3) is 14.4. The van der Waals surface area contributed by atoms with Crippen molar-refractivity contribution in [2.75, 3.05) is 32.2 Å². The number of fused-ring (bicyclic) bond motifs is 1. The number of hydrogen-bond acceptors (Lipinski definition) is 13. The maximum absolute atomic E-state index is 13.0. The predicted octanol–water partition coefficient (Wildman–Crippen LogP) is 6.91. The molecule has 3 aromatic rings. The highest BCUT2D eigenvalue weighted by Gasteiger charge is 2.54. The molecule has 1 unspecified atom stereocenters. The quantitative estimate of drug-likeness (QED) is 0.0414. The molecule has 3 aromatic heterocycles. The summed E-state index contributed by atoms with van der Waals surface area (Å²) < 4.78 is 42.9. The first-order valence-electron chi connectivity index (χ1n) is 20.4. The van der Waals surface area contributed by atoms with Crippen LogP contribution < -0.4 is 5.73 Å². The molecular weight excluding hydrogens is 739 g/mol. The Hall–Kier alpha value is -3.03. The molecule has 1 saturated heterocycles. The number of nitrogen functional groups attached to an aromatic ring is 1. The van der Waals surface area contributed by atoms with Crippen LogP contribution in [0.3, 0.4) is 0 Å². The fourth-order valence-electron chi connectivity index (χ4n) is 6.94. The van der Waals surface area contributed by atoms with Gasteiger partial charge < -0.3 is 35.1 Å². The molecule has 0 radical (unpaired) electrons. The third-order valence-electron chi connectivity index (χ3n) is 10.4. The number of nitrogens with zero attached hydrogens (tertiary/aromatic N) is 5. The van der Waals surface area contributed by atoms with E-state index in [1.165, 1.54) is 101 Å². The van der Waals surface area contributed by atoms with Gasteiger partial charge in [-0.05, 0) is 37.1 Å². The molecule has 0 bridgehead atoms. The number of aromatic nitrogens is 4. The van der Waals surface area contributed by atoms with Gasteiger partial charge in [-0.25, -0.2) is 19.0 Å². The van der Waals surface area contributed by atoms with E-state index in [2.05, 4.69) is 22.0 Å². The van der Waals surface area contributed by atoms with Gasteiger partial charge in [-0.15, -0.1) is 0 Å². The van der Waals surface area contributed by atoms with E-state index in [9.17, 15) is 19.7 Å². The Morgan fingerprint density at radius 1 is 0.929 bits per heavy atom. The van der Waals surface area contributed by atoms with E-state index >= 15 is 0 Å². The summed E-state index contributed by atoms with van der Waals surface area (Å²) in [6.07, 6.45) is 18.5. The topological polar surface area (TPSA) is 217 Å². The number of ether oxygens (including phenoxy) is 3. The molecule has 0 saturated carbocycles. The Morgan fingerprint density at radius 2 is 1.57 bits per heavy atom. The maximum atomic E-state index is 13.0. The molecule has 0 aromatic carbocycles. The van der Waals surface area contributed by atoms with Crippen LogP contribution in [-0.4, -0.2) is 85.5 Å². The van der Waals surface area contributed by atoms with Gasteiger partial charge >= 0.3 is 7.82 Å². The van der Waals surface area contributed by atoms with Gasteiger partial charge in [0, 0.05) is 12.8 Å². The molecule has 6 atom stereocenters. The Bertz CT molecular complexity index is 1660.